The highest BCUT2D eigenvalue weighted by molar-refractivity contribution is 9.10. The van der Waals surface area contributed by atoms with E-state index in [-0.39, 0.29) is 23.8 Å². The van der Waals surface area contributed by atoms with Gasteiger partial charge in [-0.3, -0.25) is 19.9 Å². The van der Waals surface area contributed by atoms with Crippen LogP contribution in [0, 0.1) is 22.0 Å². The summed E-state index contributed by atoms with van der Waals surface area (Å²) in [5.74, 6) is -1.29. The number of hydrogen-bond donors (Lipinski definition) is 2. The van der Waals surface area contributed by atoms with Gasteiger partial charge in [-0.1, -0.05) is 13.8 Å². The van der Waals surface area contributed by atoms with Crippen LogP contribution in [-0.4, -0.2) is 27.5 Å². The molecule has 0 saturated heterocycles. The average Bonchev–Trinajstić information content (AvgIpc) is 2.34. The van der Waals surface area contributed by atoms with Gasteiger partial charge < -0.3 is 10.4 Å². The number of rotatable bonds is 7. The lowest BCUT2D eigenvalue weighted by Gasteiger charge is -2.16. The second-order valence-electron chi connectivity index (χ2n) is 4.82. The third kappa shape index (κ3) is 4.44. The Morgan fingerprint density at radius 2 is 2.20 bits per heavy atom. The molecule has 0 amide bonds. The normalized spacial score (nSPS) is 12.2. The zero-order chi connectivity index (χ0) is 15.3. The molecule has 0 bridgehead atoms. The molecule has 0 aliphatic heterocycles. The highest BCUT2D eigenvalue weighted by Crippen LogP contribution is 2.31. The van der Waals surface area contributed by atoms with Gasteiger partial charge in [0.05, 0.1) is 15.3 Å². The van der Waals surface area contributed by atoms with Crippen molar-refractivity contribution in [3.05, 3.63) is 27.0 Å². The number of aliphatic carboxylic acids is 1. The average molecular weight is 346 g/mol. The molecule has 0 saturated carbocycles. The van der Waals surface area contributed by atoms with Crippen molar-refractivity contribution >= 4 is 33.3 Å². The number of nitrogens with zero attached hydrogens (tertiary/aromatic N) is 2. The lowest BCUT2D eigenvalue weighted by molar-refractivity contribution is -0.384. The molecule has 110 valence electrons. The summed E-state index contributed by atoms with van der Waals surface area (Å²) in [6, 6.07) is 0. The van der Waals surface area contributed by atoms with Gasteiger partial charge in [0.1, 0.15) is 11.9 Å². The Morgan fingerprint density at radius 1 is 1.55 bits per heavy atom. The summed E-state index contributed by atoms with van der Waals surface area (Å²) in [4.78, 5) is 25.3. The molecular formula is C12H16BrN3O4. The van der Waals surface area contributed by atoms with E-state index in [1.165, 1.54) is 6.20 Å². The first-order chi connectivity index (χ1) is 9.32. The largest absolute Gasteiger partial charge is 0.481 e. The highest BCUT2D eigenvalue weighted by Gasteiger charge is 2.22. The van der Waals surface area contributed by atoms with Gasteiger partial charge >= 0.3 is 11.7 Å². The third-order valence-electron chi connectivity index (χ3n) is 2.71. The van der Waals surface area contributed by atoms with Gasteiger partial charge in [0.2, 0.25) is 0 Å². The monoisotopic (exact) mass is 345 g/mol. The summed E-state index contributed by atoms with van der Waals surface area (Å²) in [5, 5.41) is 22.9. The number of pyridine rings is 1. The van der Waals surface area contributed by atoms with E-state index in [1.54, 1.807) is 0 Å². The van der Waals surface area contributed by atoms with Crippen molar-refractivity contribution in [3.63, 3.8) is 0 Å². The Kier molecular flexibility index (Phi) is 5.87. The predicted molar refractivity (Wildman–Crippen MR) is 77.7 cm³/mol. The van der Waals surface area contributed by atoms with Crippen molar-refractivity contribution in [1.82, 2.24) is 4.98 Å². The van der Waals surface area contributed by atoms with Crippen LogP contribution in [0.4, 0.5) is 11.4 Å². The van der Waals surface area contributed by atoms with Crippen molar-refractivity contribution in [1.29, 1.82) is 0 Å². The van der Waals surface area contributed by atoms with Crippen LogP contribution >= 0.6 is 15.9 Å². The molecule has 0 radical (unpaired) electrons. The van der Waals surface area contributed by atoms with E-state index in [4.69, 9.17) is 5.11 Å². The number of carboxylic acids is 1. The minimum Gasteiger partial charge on any atom is -0.481 e. The Bertz CT molecular complexity index is 507. The molecule has 7 nitrogen and oxygen atoms in total. The van der Waals surface area contributed by atoms with Gasteiger partial charge in [-0.05, 0) is 28.3 Å². The molecule has 0 spiro atoms. The molecule has 20 heavy (non-hydrogen) atoms. The van der Waals surface area contributed by atoms with Gasteiger partial charge in [0, 0.05) is 12.7 Å². The lowest BCUT2D eigenvalue weighted by atomic mass is 9.97. The number of carboxylic acid groups (broad SMARTS) is 1. The Morgan fingerprint density at radius 3 is 2.70 bits per heavy atom. The number of anilines is 1. The molecule has 8 heteroatoms. The van der Waals surface area contributed by atoms with Crippen LogP contribution in [0.3, 0.4) is 0 Å². The topological polar surface area (TPSA) is 105 Å². The van der Waals surface area contributed by atoms with E-state index in [0.717, 1.165) is 6.20 Å². The van der Waals surface area contributed by atoms with E-state index in [0.29, 0.717) is 10.9 Å². The molecule has 1 heterocycles. The molecule has 1 unspecified atom stereocenters. The fourth-order valence-corrected chi connectivity index (χ4v) is 2.27. The summed E-state index contributed by atoms with van der Waals surface area (Å²) in [7, 11) is 0. The number of halogens is 1. The predicted octanol–water partition coefficient (Wildman–Crippen LogP) is 2.91. The van der Waals surface area contributed by atoms with E-state index in [1.807, 2.05) is 13.8 Å². The second kappa shape index (κ2) is 7.18. The Hall–Kier alpha value is -1.70. The molecule has 0 aliphatic carbocycles. The van der Waals surface area contributed by atoms with Crippen LogP contribution in [0.25, 0.3) is 0 Å². The van der Waals surface area contributed by atoms with Crippen LogP contribution < -0.4 is 5.32 Å². The maximum absolute atomic E-state index is 11.2. The van der Waals surface area contributed by atoms with E-state index < -0.39 is 16.8 Å². The van der Waals surface area contributed by atoms with Crippen molar-refractivity contribution in [3.8, 4) is 0 Å². The zero-order valence-corrected chi connectivity index (χ0v) is 12.8. The Balaban J connectivity index is 2.87. The SMILES string of the molecule is CC(C)CC(CNc1c(Br)cncc1[N+](=O)[O-])C(=O)O. The number of nitro groups is 1. The molecule has 2 N–H and O–H groups in total. The summed E-state index contributed by atoms with van der Waals surface area (Å²) in [5.41, 5.74) is 0.0630. The van der Waals surface area contributed by atoms with Gasteiger partial charge in [0.15, 0.2) is 0 Å². The maximum Gasteiger partial charge on any atom is 0.311 e. The lowest BCUT2D eigenvalue weighted by Crippen LogP contribution is -2.24. The standard InChI is InChI=1S/C12H16BrN3O4/c1-7(2)3-8(12(17)18)4-15-11-9(13)5-14-6-10(11)16(19)20/h5-8H,3-4H2,1-2H3,(H,14,15)(H,17,18). The van der Waals surface area contributed by atoms with Crippen LogP contribution in [0.15, 0.2) is 16.9 Å². The molecule has 1 rings (SSSR count). The van der Waals surface area contributed by atoms with E-state index in [2.05, 4.69) is 26.2 Å². The van der Waals surface area contributed by atoms with Crippen LogP contribution in [0.1, 0.15) is 20.3 Å². The van der Waals surface area contributed by atoms with Crippen molar-refractivity contribution < 1.29 is 14.8 Å². The second-order valence-corrected chi connectivity index (χ2v) is 5.67. The quantitative estimate of drug-likeness (QED) is 0.581. The van der Waals surface area contributed by atoms with E-state index >= 15 is 0 Å². The number of carbonyl (C=O) groups is 1. The first-order valence-corrected chi connectivity index (χ1v) is 6.86. The van der Waals surface area contributed by atoms with Gasteiger partial charge in [-0.15, -0.1) is 0 Å². The van der Waals surface area contributed by atoms with Gasteiger partial charge in [-0.25, -0.2) is 0 Å². The maximum atomic E-state index is 11.2. The van der Waals surface area contributed by atoms with Crippen molar-refractivity contribution in [2.45, 2.75) is 20.3 Å². The molecule has 0 aromatic carbocycles. The molecule has 1 aromatic heterocycles. The summed E-state index contributed by atoms with van der Waals surface area (Å²) in [6.45, 7) is 3.98. The Labute approximate surface area is 124 Å². The minimum atomic E-state index is -0.918. The first kappa shape index (κ1) is 16.4. The summed E-state index contributed by atoms with van der Waals surface area (Å²) < 4.78 is 0.431. The number of aromatic nitrogens is 1. The van der Waals surface area contributed by atoms with Crippen LogP contribution in [-0.2, 0) is 4.79 Å². The van der Waals surface area contributed by atoms with E-state index in [9.17, 15) is 14.9 Å². The van der Waals surface area contributed by atoms with Crippen molar-refractivity contribution in [2.24, 2.45) is 11.8 Å². The van der Waals surface area contributed by atoms with Crippen molar-refractivity contribution in [2.75, 3.05) is 11.9 Å². The van der Waals surface area contributed by atoms with Crippen LogP contribution in [0.5, 0.6) is 0 Å². The summed E-state index contributed by atoms with van der Waals surface area (Å²) in [6.07, 6.45) is 3.05. The zero-order valence-electron chi connectivity index (χ0n) is 11.2. The molecule has 0 fully saturated rings. The molecular weight excluding hydrogens is 330 g/mol. The van der Waals surface area contributed by atoms with Gasteiger partial charge in [0.25, 0.3) is 0 Å². The first-order valence-electron chi connectivity index (χ1n) is 6.07. The smallest absolute Gasteiger partial charge is 0.311 e. The summed E-state index contributed by atoms with van der Waals surface area (Å²) >= 11 is 3.18. The molecule has 1 aromatic rings. The fraction of sp³-hybridized carbons (Fsp3) is 0.500. The minimum absolute atomic E-state index is 0.122. The molecule has 0 aliphatic rings. The fourth-order valence-electron chi connectivity index (χ4n) is 1.80. The van der Waals surface area contributed by atoms with Crippen LogP contribution in [0.2, 0.25) is 0 Å². The third-order valence-corrected chi connectivity index (χ3v) is 3.31. The number of hydrogen-bond acceptors (Lipinski definition) is 5. The molecule has 1 atom stereocenters. The van der Waals surface area contributed by atoms with Gasteiger partial charge in [-0.2, -0.15) is 0 Å². The highest BCUT2D eigenvalue weighted by atomic mass is 79.9. The number of nitrogens with one attached hydrogen (secondary N) is 1.